The van der Waals surface area contributed by atoms with E-state index in [2.05, 4.69) is 10.6 Å². The number of nitrogens with zero attached hydrogens (tertiary/aromatic N) is 1. The summed E-state index contributed by atoms with van der Waals surface area (Å²) < 4.78 is 5.51. The minimum absolute atomic E-state index is 0.0768. The third-order valence-electron chi connectivity index (χ3n) is 4.69. The van der Waals surface area contributed by atoms with Crippen LogP contribution in [-0.2, 0) is 4.74 Å². The molecule has 2 fully saturated rings. The van der Waals surface area contributed by atoms with Crippen molar-refractivity contribution < 1.29 is 14.5 Å². The molecule has 7 nitrogen and oxygen atoms in total. The number of amides is 1. The summed E-state index contributed by atoms with van der Waals surface area (Å²) >= 11 is 0. The molecule has 1 saturated heterocycles. The van der Waals surface area contributed by atoms with Crippen LogP contribution in [0.5, 0.6) is 0 Å². The van der Waals surface area contributed by atoms with E-state index in [1.165, 1.54) is 6.07 Å². The molecule has 7 heteroatoms. The molecule has 0 spiro atoms. The third-order valence-corrected chi connectivity index (χ3v) is 4.69. The molecule has 130 valence electrons. The first-order valence-electron chi connectivity index (χ1n) is 8.58. The number of benzene rings is 1. The minimum Gasteiger partial charge on any atom is -0.377 e. The maximum Gasteiger partial charge on any atom is 0.293 e. The lowest BCUT2D eigenvalue weighted by Crippen LogP contribution is -2.32. The van der Waals surface area contributed by atoms with Gasteiger partial charge in [-0.3, -0.25) is 14.9 Å². The van der Waals surface area contributed by atoms with E-state index >= 15 is 0 Å². The summed E-state index contributed by atoms with van der Waals surface area (Å²) in [5.74, 6) is -0.240. The lowest BCUT2D eigenvalue weighted by Gasteiger charge is -2.14. The molecular weight excluding hydrogens is 310 g/mol. The highest BCUT2D eigenvalue weighted by Gasteiger charge is 2.22. The van der Waals surface area contributed by atoms with Crippen molar-refractivity contribution >= 4 is 17.3 Å². The number of hydrogen-bond donors (Lipinski definition) is 2. The zero-order valence-corrected chi connectivity index (χ0v) is 13.6. The molecule has 2 N–H and O–H groups in total. The number of rotatable bonds is 6. The lowest BCUT2D eigenvalue weighted by atomic mass is 10.1. The van der Waals surface area contributed by atoms with Gasteiger partial charge in [-0.2, -0.15) is 0 Å². The van der Waals surface area contributed by atoms with Crippen LogP contribution in [-0.4, -0.2) is 36.1 Å². The Morgan fingerprint density at radius 2 is 2.04 bits per heavy atom. The van der Waals surface area contributed by atoms with E-state index in [1.54, 1.807) is 12.1 Å². The van der Waals surface area contributed by atoms with Gasteiger partial charge in [-0.25, -0.2) is 0 Å². The zero-order valence-electron chi connectivity index (χ0n) is 13.6. The average Bonchev–Trinajstić information content (AvgIpc) is 3.26. The number of ether oxygens (including phenoxy) is 1. The molecule has 1 amide bonds. The van der Waals surface area contributed by atoms with Crippen molar-refractivity contribution in [1.29, 1.82) is 0 Å². The van der Waals surface area contributed by atoms with Gasteiger partial charge in [-0.1, -0.05) is 12.8 Å². The lowest BCUT2D eigenvalue weighted by molar-refractivity contribution is -0.384. The van der Waals surface area contributed by atoms with E-state index in [0.717, 1.165) is 45.1 Å². The first kappa shape index (κ1) is 16.7. The molecule has 0 aromatic heterocycles. The Morgan fingerprint density at radius 3 is 2.71 bits per heavy atom. The molecule has 1 atom stereocenters. The van der Waals surface area contributed by atoms with Gasteiger partial charge in [0, 0.05) is 30.8 Å². The van der Waals surface area contributed by atoms with Crippen LogP contribution in [0.2, 0.25) is 0 Å². The van der Waals surface area contributed by atoms with Crippen LogP contribution in [0.1, 0.15) is 48.9 Å². The van der Waals surface area contributed by atoms with Crippen LogP contribution >= 0.6 is 0 Å². The molecule has 0 bridgehead atoms. The normalized spacial score (nSPS) is 20.9. The minimum atomic E-state index is -0.454. The van der Waals surface area contributed by atoms with Crippen LogP contribution in [0.4, 0.5) is 11.4 Å². The highest BCUT2D eigenvalue weighted by molar-refractivity contribution is 5.96. The Hall–Kier alpha value is -2.15. The van der Waals surface area contributed by atoms with Crippen LogP contribution in [0, 0.1) is 10.1 Å². The van der Waals surface area contributed by atoms with Crippen molar-refractivity contribution in [1.82, 2.24) is 5.32 Å². The molecule has 0 unspecified atom stereocenters. The molecule has 1 aromatic rings. The van der Waals surface area contributed by atoms with Crippen molar-refractivity contribution in [3.8, 4) is 0 Å². The molecule has 1 aliphatic heterocycles. The van der Waals surface area contributed by atoms with Gasteiger partial charge < -0.3 is 15.4 Å². The Kier molecular flexibility index (Phi) is 5.30. The highest BCUT2D eigenvalue weighted by atomic mass is 16.6. The maximum absolute atomic E-state index is 12.3. The first-order chi connectivity index (χ1) is 11.6. The zero-order chi connectivity index (χ0) is 16.9. The van der Waals surface area contributed by atoms with Gasteiger partial charge in [0.15, 0.2) is 0 Å². The molecule has 0 radical (unpaired) electrons. The van der Waals surface area contributed by atoms with Crippen molar-refractivity contribution in [2.45, 2.75) is 50.7 Å². The first-order valence-corrected chi connectivity index (χ1v) is 8.58. The van der Waals surface area contributed by atoms with E-state index in [9.17, 15) is 14.9 Å². The van der Waals surface area contributed by atoms with Crippen LogP contribution < -0.4 is 10.6 Å². The van der Waals surface area contributed by atoms with Gasteiger partial charge in [-0.05, 0) is 37.8 Å². The second-order valence-electron chi connectivity index (χ2n) is 6.46. The summed E-state index contributed by atoms with van der Waals surface area (Å²) in [6.45, 7) is 1.28. The van der Waals surface area contributed by atoms with Gasteiger partial charge in [0.25, 0.3) is 11.6 Å². The Labute approximate surface area is 140 Å². The smallest absolute Gasteiger partial charge is 0.293 e. The second kappa shape index (κ2) is 7.61. The van der Waals surface area contributed by atoms with Gasteiger partial charge in [0.05, 0.1) is 11.0 Å². The second-order valence-corrected chi connectivity index (χ2v) is 6.46. The topological polar surface area (TPSA) is 93.5 Å². The van der Waals surface area contributed by atoms with E-state index < -0.39 is 4.92 Å². The highest BCUT2D eigenvalue weighted by Crippen LogP contribution is 2.27. The Morgan fingerprint density at radius 1 is 1.25 bits per heavy atom. The summed E-state index contributed by atoms with van der Waals surface area (Å²) in [4.78, 5) is 23.2. The summed E-state index contributed by atoms with van der Waals surface area (Å²) in [7, 11) is 0. The van der Waals surface area contributed by atoms with Crippen molar-refractivity contribution in [2.75, 3.05) is 18.5 Å². The standard InChI is InChI=1S/C17H23N3O4/c21-17(19-13-4-1-2-5-13)12-7-8-15(16(10-12)20(22)23)18-11-14-6-3-9-24-14/h7-8,10,13-14,18H,1-6,9,11H2,(H,19,21)/t14-/m1/s1. The van der Waals surface area contributed by atoms with Crippen molar-refractivity contribution in [3.05, 3.63) is 33.9 Å². The molecule has 1 aliphatic carbocycles. The van der Waals surface area contributed by atoms with Crippen molar-refractivity contribution in [3.63, 3.8) is 0 Å². The van der Waals surface area contributed by atoms with Crippen molar-refractivity contribution in [2.24, 2.45) is 0 Å². The van der Waals surface area contributed by atoms with E-state index in [-0.39, 0.29) is 23.7 Å². The largest absolute Gasteiger partial charge is 0.377 e. The molecule has 24 heavy (non-hydrogen) atoms. The van der Waals surface area contributed by atoms with Gasteiger partial charge in [-0.15, -0.1) is 0 Å². The number of nitro benzene ring substituents is 1. The van der Waals surface area contributed by atoms with Gasteiger partial charge >= 0.3 is 0 Å². The molecule has 1 aromatic carbocycles. The van der Waals surface area contributed by atoms with E-state index in [4.69, 9.17) is 4.74 Å². The third kappa shape index (κ3) is 4.03. The number of carbonyl (C=O) groups excluding carboxylic acids is 1. The fourth-order valence-corrected chi connectivity index (χ4v) is 3.34. The Bertz CT molecular complexity index is 608. The SMILES string of the molecule is O=C(NC1CCCC1)c1ccc(NC[C@H]2CCCO2)c([N+](=O)[O-])c1. The summed E-state index contributed by atoms with van der Waals surface area (Å²) in [6, 6.07) is 4.78. The number of anilines is 1. The predicted molar refractivity (Wildman–Crippen MR) is 90.3 cm³/mol. The quantitative estimate of drug-likeness (QED) is 0.617. The molecular formula is C17H23N3O4. The molecule has 2 aliphatic rings. The monoisotopic (exact) mass is 333 g/mol. The van der Waals surface area contributed by atoms with E-state index in [1.807, 2.05) is 0 Å². The summed E-state index contributed by atoms with van der Waals surface area (Å²) in [6.07, 6.45) is 6.28. The molecule has 1 saturated carbocycles. The van der Waals surface area contributed by atoms with E-state index in [0.29, 0.717) is 17.8 Å². The fourth-order valence-electron chi connectivity index (χ4n) is 3.34. The fraction of sp³-hybridized carbons (Fsp3) is 0.588. The molecule has 3 rings (SSSR count). The van der Waals surface area contributed by atoms with Crippen LogP contribution in [0.15, 0.2) is 18.2 Å². The summed E-state index contributed by atoms with van der Waals surface area (Å²) in [5.41, 5.74) is 0.677. The number of nitro groups is 1. The average molecular weight is 333 g/mol. The number of hydrogen-bond acceptors (Lipinski definition) is 5. The van der Waals surface area contributed by atoms with Crippen LogP contribution in [0.3, 0.4) is 0 Å². The predicted octanol–water partition coefficient (Wildman–Crippen LogP) is 2.86. The molecule has 1 heterocycles. The Balaban J connectivity index is 1.68. The maximum atomic E-state index is 12.3. The van der Waals surface area contributed by atoms with Gasteiger partial charge in [0.2, 0.25) is 0 Å². The van der Waals surface area contributed by atoms with Gasteiger partial charge in [0.1, 0.15) is 5.69 Å². The van der Waals surface area contributed by atoms with Crippen LogP contribution in [0.25, 0.3) is 0 Å². The summed E-state index contributed by atoms with van der Waals surface area (Å²) in [5, 5.41) is 17.4. The number of carbonyl (C=O) groups is 1. The number of nitrogens with one attached hydrogen (secondary N) is 2.